The first kappa shape index (κ1) is 18.0. The summed E-state index contributed by atoms with van der Waals surface area (Å²) in [5, 5.41) is 0. The number of likely N-dealkylation sites (N-methyl/N-ethyl adjacent to an activating group) is 1. The van der Waals surface area contributed by atoms with Crippen molar-refractivity contribution in [2.24, 2.45) is 0 Å². The van der Waals surface area contributed by atoms with Crippen LogP contribution >= 0.6 is 0 Å². The molecule has 128 valence electrons. The van der Waals surface area contributed by atoms with Crippen molar-refractivity contribution in [2.75, 3.05) is 24.6 Å². The van der Waals surface area contributed by atoms with Gasteiger partial charge in [0.1, 0.15) is 0 Å². The third-order valence-corrected chi connectivity index (χ3v) is 4.87. The van der Waals surface area contributed by atoms with Gasteiger partial charge < -0.3 is 4.90 Å². The van der Waals surface area contributed by atoms with Gasteiger partial charge in [0.25, 0.3) is 0 Å². The molecule has 1 N–H and O–H groups in total. The lowest BCUT2D eigenvalue weighted by molar-refractivity contribution is -0.127. The Labute approximate surface area is 143 Å². The number of carbonyl (C=O) groups excluding carboxylic acids is 1. The lowest BCUT2D eigenvalue weighted by Crippen LogP contribution is -2.23. The van der Waals surface area contributed by atoms with Gasteiger partial charge in [-0.15, -0.1) is 0 Å². The lowest BCUT2D eigenvalue weighted by atomic mass is 10.1. The van der Waals surface area contributed by atoms with E-state index in [1.807, 2.05) is 30.3 Å². The maximum absolute atomic E-state index is 12.2. The summed E-state index contributed by atoms with van der Waals surface area (Å²) in [6.45, 7) is 0. The van der Waals surface area contributed by atoms with Gasteiger partial charge in [-0.1, -0.05) is 42.5 Å². The first-order chi connectivity index (χ1) is 11.4. The number of anilines is 1. The second kappa shape index (κ2) is 7.97. The van der Waals surface area contributed by atoms with Crippen molar-refractivity contribution in [3.8, 4) is 0 Å². The van der Waals surface area contributed by atoms with Crippen LogP contribution in [0.15, 0.2) is 54.6 Å². The minimum atomic E-state index is -3.41. The highest BCUT2D eigenvalue weighted by Gasteiger charge is 2.11. The molecule has 0 spiro atoms. The van der Waals surface area contributed by atoms with Crippen molar-refractivity contribution in [3.63, 3.8) is 0 Å². The van der Waals surface area contributed by atoms with E-state index in [0.29, 0.717) is 18.5 Å². The smallest absolute Gasteiger partial charge is 0.233 e. The molecule has 2 aromatic carbocycles. The molecule has 0 atom stereocenters. The van der Waals surface area contributed by atoms with Gasteiger partial charge in [0.15, 0.2) is 0 Å². The van der Waals surface area contributed by atoms with E-state index < -0.39 is 10.0 Å². The number of benzene rings is 2. The molecule has 2 aromatic rings. The number of sulfonamides is 1. The minimum absolute atomic E-state index is 0.00573. The van der Waals surface area contributed by atoms with Gasteiger partial charge in [-0.25, -0.2) is 8.42 Å². The third-order valence-electron chi connectivity index (χ3n) is 3.58. The minimum Gasteiger partial charge on any atom is -0.349 e. The summed E-state index contributed by atoms with van der Waals surface area (Å²) >= 11 is 0. The van der Waals surface area contributed by atoms with E-state index in [2.05, 4.69) is 4.72 Å². The second-order valence-electron chi connectivity index (χ2n) is 5.82. The molecule has 0 aliphatic rings. The summed E-state index contributed by atoms with van der Waals surface area (Å²) in [5.41, 5.74) is 2.34. The standard InChI is InChI=1S/C18H22N2O3S/c1-20(2)18(21)14-16-8-10-17(11-9-16)19-24(22,23)13-12-15-6-4-3-5-7-15/h3-11,19H,12-14H2,1-2H3. The Kier molecular flexibility index (Phi) is 5.98. The van der Waals surface area contributed by atoms with E-state index in [9.17, 15) is 13.2 Å². The maximum atomic E-state index is 12.2. The van der Waals surface area contributed by atoms with Crippen molar-refractivity contribution in [3.05, 3.63) is 65.7 Å². The number of hydrogen-bond donors (Lipinski definition) is 1. The Hall–Kier alpha value is -2.34. The fraction of sp³-hybridized carbons (Fsp3) is 0.278. The van der Waals surface area contributed by atoms with Crippen LogP contribution in [0, 0.1) is 0 Å². The predicted molar refractivity (Wildman–Crippen MR) is 96.4 cm³/mol. The molecule has 0 heterocycles. The molecule has 0 radical (unpaired) electrons. The summed E-state index contributed by atoms with van der Waals surface area (Å²) in [5.74, 6) is 0.0314. The van der Waals surface area contributed by atoms with Crippen LogP contribution in [0.25, 0.3) is 0 Å². The molecule has 5 nitrogen and oxygen atoms in total. The van der Waals surface area contributed by atoms with Gasteiger partial charge in [0.2, 0.25) is 15.9 Å². The van der Waals surface area contributed by atoms with Crippen LogP contribution in [0.4, 0.5) is 5.69 Å². The monoisotopic (exact) mass is 346 g/mol. The summed E-state index contributed by atoms with van der Waals surface area (Å²) in [7, 11) is 0.00451. The van der Waals surface area contributed by atoms with Crippen molar-refractivity contribution >= 4 is 21.6 Å². The van der Waals surface area contributed by atoms with E-state index in [1.165, 1.54) is 4.90 Å². The van der Waals surface area contributed by atoms with Gasteiger partial charge in [0, 0.05) is 19.8 Å². The van der Waals surface area contributed by atoms with Gasteiger partial charge in [-0.3, -0.25) is 9.52 Å². The molecule has 1 amide bonds. The molecule has 0 saturated carbocycles. The van der Waals surface area contributed by atoms with E-state index >= 15 is 0 Å². The van der Waals surface area contributed by atoms with Crippen molar-refractivity contribution in [2.45, 2.75) is 12.8 Å². The highest BCUT2D eigenvalue weighted by atomic mass is 32.2. The quantitative estimate of drug-likeness (QED) is 0.836. The zero-order valence-electron chi connectivity index (χ0n) is 13.9. The molecular formula is C18H22N2O3S. The van der Waals surface area contributed by atoms with Gasteiger partial charge in [-0.05, 0) is 29.7 Å². The van der Waals surface area contributed by atoms with Crippen LogP contribution < -0.4 is 4.72 Å². The topological polar surface area (TPSA) is 66.5 Å². The number of hydrogen-bond acceptors (Lipinski definition) is 3. The number of carbonyl (C=O) groups is 1. The van der Waals surface area contributed by atoms with Crippen LogP contribution in [0.2, 0.25) is 0 Å². The summed E-state index contributed by atoms with van der Waals surface area (Å²) in [6.07, 6.45) is 0.764. The van der Waals surface area contributed by atoms with Crippen LogP contribution in [-0.2, 0) is 27.7 Å². The molecule has 0 unspecified atom stereocenters. The van der Waals surface area contributed by atoms with E-state index in [-0.39, 0.29) is 11.7 Å². The Balaban J connectivity index is 1.93. The summed E-state index contributed by atoms with van der Waals surface area (Å²) < 4.78 is 26.9. The number of rotatable bonds is 7. The van der Waals surface area contributed by atoms with Crippen molar-refractivity contribution < 1.29 is 13.2 Å². The van der Waals surface area contributed by atoms with E-state index in [4.69, 9.17) is 0 Å². The number of nitrogens with one attached hydrogen (secondary N) is 1. The Morgan fingerprint density at radius 2 is 1.58 bits per heavy atom. The van der Waals surface area contributed by atoms with Gasteiger partial charge >= 0.3 is 0 Å². The predicted octanol–water partition coefficient (Wildman–Crippen LogP) is 2.30. The molecule has 0 bridgehead atoms. The normalized spacial score (nSPS) is 11.1. The Morgan fingerprint density at radius 3 is 2.17 bits per heavy atom. The average molecular weight is 346 g/mol. The number of nitrogens with zero attached hydrogens (tertiary/aromatic N) is 1. The van der Waals surface area contributed by atoms with Crippen LogP contribution in [0.5, 0.6) is 0 Å². The number of aryl methyl sites for hydroxylation is 1. The van der Waals surface area contributed by atoms with E-state index in [1.54, 1.807) is 38.4 Å². The first-order valence-electron chi connectivity index (χ1n) is 7.69. The van der Waals surface area contributed by atoms with Crippen molar-refractivity contribution in [1.82, 2.24) is 4.90 Å². The zero-order chi connectivity index (χ0) is 17.6. The largest absolute Gasteiger partial charge is 0.349 e. The molecular weight excluding hydrogens is 324 g/mol. The maximum Gasteiger partial charge on any atom is 0.233 e. The van der Waals surface area contributed by atoms with Gasteiger partial charge in [-0.2, -0.15) is 0 Å². The van der Waals surface area contributed by atoms with E-state index in [0.717, 1.165) is 11.1 Å². The molecule has 0 fully saturated rings. The van der Waals surface area contributed by atoms with Crippen LogP contribution in [0.1, 0.15) is 11.1 Å². The number of amides is 1. The van der Waals surface area contributed by atoms with Crippen LogP contribution in [0.3, 0.4) is 0 Å². The van der Waals surface area contributed by atoms with Crippen LogP contribution in [-0.4, -0.2) is 39.1 Å². The SMILES string of the molecule is CN(C)C(=O)Cc1ccc(NS(=O)(=O)CCc2ccccc2)cc1. The average Bonchev–Trinajstić information content (AvgIpc) is 2.55. The highest BCUT2D eigenvalue weighted by molar-refractivity contribution is 7.92. The zero-order valence-corrected chi connectivity index (χ0v) is 14.7. The second-order valence-corrected chi connectivity index (χ2v) is 7.66. The molecule has 0 aliphatic heterocycles. The first-order valence-corrected chi connectivity index (χ1v) is 9.34. The molecule has 6 heteroatoms. The fourth-order valence-electron chi connectivity index (χ4n) is 2.15. The summed E-state index contributed by atoms with van der Waals surface area (Å²) in [4.78, 5) is 13.2. The Bertz CT molecular complexity index is 770. The Morgan fingerprint density at radius 1 is 0.958 bits per heavy atom. The van der Waals surface area contributed by atoms with Gasteiger partial charge in [0.05, 0.1) is 12.2 Å². The molecule has 24 heavy (non-hydrogen) atoms. The van der Waals surface area contributed by atoms with Crippen molar-refractivity contribution in [1.29, 1.82) is 0 Å². The fourth-order valence-corrected chi connectivity index (χ4v) is 3.25. The molecule has 0 saturated heterocycles. The third kappa shape index (κ3) is 5.70. The highest BCUT2D eigenvalue weighted by Crippen LogP contribution is 2.13. The lowest BCUT2D eigenvalue weighted by Gasteiger charge is -2.11. The molecule has 0 aliphatic carbocycles. The summed E-state index contributed by atoms with van der Waals surface area (Å²) in [6, 6.07) is 16.4. The molecule has 2 rings (SSSR count). The molecule has 0 aromatic heterocycles.